The molecular weight excluding hydrogens is 394 g/mol. The maximum atomic E-state index is 12.9. The van der Waals surface area contributed by atoms with E-state index in [9.17, 15) is 9.59 Å². The standard InChI is InChI=1S/C22H25N7O2/c1-14-3-4-18(9-15(14)2)28-11-16(10-21(28)30)22(31)24-17-7-8-27(12-17)20-6-5-19-25-23-13-29(19)26-20/h3-6,9,13,16-17H,7-8,10-12H2,1-2H3,(H,24,31)/t16-,17-/m0/s1. The van der Waals surface area contributed by atoms with Crippen LogP contribution in [0.3, 0.4) is 0 Å². The average molecular weight is 419 g/mol. The van der Waals surface area contributed by atoms with Gasteiger partial charge in [-0.15, -0.1) is 15.3 Å². The van der Waals surface area contributed by atoms with Crippen molar-refractivity contribution in [1.29, 1.82) is 0 Å². The zero-order chi connectivity index (χ0) is 21.5. The second-order valence-electron chi connectivity index (χ2n) is 8.44. The van der Waals surface area contributed by atoms with Crippen LogP contribution in [-0.2, 0) is 9.59 Å². The molecule has 0 spiro atoms. The average Bonchev–Trinajstić information content (AvgIpc) is 3.49. The van der Waals surface area contributed by atoms with Crippen LogP contribution in [0.25, 0.3) is 5.65 Å². The summed E-state index contributed by atoms with van der Waals surface area (Å²) in [6, 6.07) is 9.83. The number of amides is 2. The smallest absolute Gasteiger partial charge is 0.227 e. The van der Waals surface area contributed by atoms with Gasteiger partial charge in [0.15, 0.2) is 5.65 Å². The van der Waals surface area contributed by atoms with Crippen molar-refractivity contribution in [3.05, 3.63) is 47.8 Å². The van der Waals surface area contributed by atoms with Crippen molar-refractivity contribution in [2.24, 2.45) is 5.92 Å². The fourth-order valence-corrected chi connectivity index (χ4v) is 4.32. The molecule has 1 aromatic carbocycles. The first-order valence-electron chi connectivity index (χ1n) is 10.6. The highest BCUT2D eigenvalue weighted by Crippen LogP contribution is 2.27. The number of fused-ring (bicyclic) bond motifs is 1. The Balaban J connectivity index is 1.20. The third-order valence-electron chi connectivity index (χ3n) is 6.30. The number of anilines is 2. The van der Waals surface area contributed by atoms with Crippen molar-refractivity contribution in [3.8, 4) is 0 Å². The van der Waals surface area contributed by atoms with E-state index in [2.05, 4.69) is 25.5 Å². The first kappa shape index (κ1) is 19.5. The van der Waals surface area contributed by atoms with Crippen LogP contribution in [0.4, 0.5) is 11.5 Å². The molecule has 0 bridgehead atoms. The van der Waals surface area contributed by atoms with E-state index in [4.69, 9.17) is 0 Å². The molecule has 0 radical (unpaired) electrons. The van der Waals surface area contributed by atoms with Gasteiger partial charge in [-0.25, -0.2) is 0 Å². The van der Waals surface area contributed by atoms with Gasteiger partial charge in [0.05, 0.1) is 5.92 Å². The Morgan fingerprint density at radius 3 is 2.84 bits per heavy atom. The van der Waals surface area contributed by atoms with Gasteiger partial charge in [-0.2, -0.15) is 4.52 Å². The lowest BCUT2D eigenvalue weighted by Gasteiger charge is -2.20. The van der Waals surface area contributed by atoms with E-state index in [1.54, 1.807) is 15.7 Å². The maximum Gasteiger partial charge on any atom is 0.227 e. The molecule has 4 heterocycles. The summed E-state index contributed by atoms with van der Waals surface area (Å²) in [4.78, 5) is 29.3. The van der Waals surface area contributed by atoms with Crippen molar-refractivity contribution in [3.63, 3.8) is 0 Å². The summed E-state index contributed by atoms with van der Waals surface area (Å²) < 4.78 is 1.65. The summed E-state index contributed by atoms with van der Waals surface area (Å²) in [6.07, 6.45) is 2.67. The van der Waals surface area contributed by atoms with E-state index in [-0.39, 0.29) is 30.2 Å². The summed E-state index contributed by atoms with van der Waals surface area (Å²) in [6.45, 7) is 6.00. The summed E-state index contributed by atoms with van der Waals surface area (Å²) in [5.74, 6) is 0.465. The molecule has 2 aliphatic heterocycles. The lowest BCUT2D eigenvalue weighted by molar-refractivity contribution is -0.126. The molecule has 9 heteroatoms. The molecule has 2 amide bonds. The number of hydrogen-bond acceptors (Lipinski definition) is 6. The van der Waals surface area contributed by atoms with Gasteiger partial charge in [-0.1, -0.05) is 6.07 Å². The summed E-state index contributed by atoms with van der Waals surface area (Å²) in [5.41, 5.74) is 3.90. The fraction of sp³-hybridized carbons (Fsp3) is 0.409. The number of hydrogen-bond donors (Lipinski definition) is 1. The molecule has 2 fully saturated rings. The van der Waals surface area contributed by atoms with Gasteiger partial charge in [-0.3, -0.25) is 9.59 Å². The molecular formula is C22H25N7O2. The molecule has 3 aromatic rings. The number of carbonyl (C=O) groups excluding carboxylic acids is 2. The van der Waals surface area contributed by atoms with E-state index in [1.165, 1.54) is 5.56 Å². The Bertz CT molecular complexity index is 1160. The highest BCUT2D eigenvalue weighted by molar-refractivity contribution is 6.00. The van der Waals surface area contributed by atoms with E-state index in [0.29, 0.717) is 18.7 Å². The van der Waals surface area contributed by atoms with Gasteiger partial charge < -0.3 is 15.1 Å². The van der Waals surface area contributed by atoms with Crippen LogP contribution in [0.5, 0.6) is 0 Å². The Morgan fingerprint density at radius 1 is 1.13 bits per heavy atom. The van der Waals surface area contributed by atoms with Crippen LogP contribution in [-0.4, -0.2) is 57.3 Å². The van der Waals surface area contributed by atoms with Gasteiger partial charge >= 0.3 is 0 Å². The van der Waals surface area contributed by atoms with Crippen LogP contribution in [0, 0.1) is 19.8 Å². The minimum absolute atomic E-state index is 0.00268. The Morgan fingerprint density at radius 2 is 2.00 bits per heavy atom. The first-order valence-corrected chi connectivity index (χ1v) is 10.6. The number of nitrogens with zero attached hydrogens (tertiary/aromatic N) is 6. The zero-order valence-electron chi connectivity index (χ0n) is 17.7. The molecule has 0 unspecified atom stereocenters. The van der Waals surface area contributed by atoms with Crippen LogP contribution >= 0.6 is 0 Å². The number of nitrogens with one attached hydrogen (secondary N) is 1. The van der Waals surface area contributed by atoms with Crippen molar-refractivity contribution in [2.75, 3.05) is 29.4 Å². The second-order valence-corrected chi connectivity index (χ2v) is 8.44. The number of rotatable bonds is 4. The van der Waals surface area contributed by atoms with Crippen LogP contribution in [0.15, 0.2) is 36.7 Å². The number of aromatic nitrogens is 4. The van der Waals surface area contributed by atoms with Crippen LogP contribution in [0.1, 0.15) is 24.0 Å². The molecule has 2 aliphatic rings. The highest BCUT2D eigenvalue weighted by Gasteiger charge is 2.36. The third kappa shape index (κ3) is 3.71. The molecule has 5 rings (SSSR count). The number of benzene rings is 1. The molecule has 0 aliphatic carbocycles. The van der Waals surface area contributed by atoms with Gasteiger partial charge in [0.1, 0.15) is 12.1 Å². The second kappa shape index (κ2) is 7.64. The van der Waals surface area contributed by atoms with Crippen molar-refractivity contribution < 1.29 is 9.59 Å². The zero-order valence-corrected chi connectivity index (χ0v) is 17.7. The summed E-state index contributed by atoms with van der Waals surface area (Å²) >= 11 is 0. The molecule has 31 heavy (non-hydrogen) atoms. The fourth-order valence-electron chi connectivity index (χ4n) is 4.32. The molecule has 9 nitrogen and oxygen atoms in total. The van der Waals surface area contributed by atoms with Crippen LogP contribution < -0.4 is 15.1 Å². The topological polar surface area (TPSA) is 95.7 Å². The predicted molar refractivity (Wildman–Crippen MR) is 116 cm³/mol. The van der Waals surface area contributed by atoms with Crippen molar-refractivity contribution >= 4 is 29.0 Å². The van der Waals surface area contributed by atoms with Crippen LogP contribution in [0.2, 0.25) is 0 Å². The van der Waals surface area contributed by atoms with E-state index in [1.807, 2.05) is 44.2 Å². The van der Waals surface area contributed by atoms with Crippen molar-refractivity contribution in [1.82, 2.24) is 25.1 Å². The normalized spacial score (nSPS) is 21.3. The summed E-state index contributed by atoms with van der Waals surface area (Å²) in [7, 11) is 0. The quantitative estimate of drug-likeness (QED) is 0.688. The monoisotopic (exact) mass is 419 g/mol. The van der Waals surface area contributed by atoms with Crippen molar-refractivity contribution in [2.45, 2.75) is 32.7 Å². The van der Waals surface area contributed by atoms with Gasteiger partial charge in [0.25, 0.3) is 0 Å². The Labute approximate surface area is 180 Å². The highest BCUT2D eigenvalue weighted by atomic mass is 16.2. The molecule has 0 saturated carbocycles. The molecule has 2 atom stereocenters. The lowest BCUT2D eigenvalue weighted by atomic mass is 10.1. The van der Waals surface area contributed by atoms with Gasteiger partial charge in [0, 0.05) is 37.8 Å². The van der Waals surface area contributed by atoms with Gasteiger partial charge in [0.2, 0.25) is 11.8 Å². The van der Waals surface area contributed by atoms with Gasteiger partial charge in [-0.05, 0) is 55.7 Å². The van der Waals surface area contributed by atoms with E-state index < -0.39 is 0 Å². The Hall–Kier alpha value is -3.49. The minimum Gasteiger partial charge on any atom is -0.353 e. The molecule has 2 aromatic heterocycles. The van der Waals surface area contributed by atoms with E-state index in [0.717, 1.165) is 30.0 Å². The number of carbonyl (C=O) groups is 2. The molecule has 1 N–H and O–H groups in total. The third-order valence-corrected chi connectivity index (χ3v) is 6.30. The maximum absolute atomic E-state index is 12.9. The largest absolute Gasteiger partial charge is 0.353 e. The molecule has 160 valence electrons. The summed E-state index contributed by atoms with van der Waals surface area (Å²) in [5, 5.41) is 15.5. The minimum atomic E-state index is -0.324. The Kier molecular flexibility index (Phi) is 4.80. The molecule has 2 saturated heterocycles. The lowest BCUT2D eigenvalue weighted by Crippen LogP contribution is -2.41. The van der Waals surface area contributed by atoms with E-state index >= 15 is 0 Å². The number of aryl methyl sites for hydroxylation is 2. The first-order chi connectivity index (χ1) is 15.0. The predicted octanol–water partition coefficient (Wildman–Crippen LogP) is 1.49. The SMILES string of the molecule is Cc1ccc(N2C[C@@H](C(=O)N[C@H]3CCN(c4ccc5nncn5n4)C3)CC2=O)cc1C.